The lowest BCUT2D eigenvalue weighted by Gasteiger charge is -2.26. The predicted molar refractivity (Wildman–Crippen MR) is 63.0 cm³/mol. The first-order valence-electron chi connectivity index (χ1n) is 5.54. The minimum absolute atomic E-state index is 0.327. The van der Waals surface area contributed by atoms with Crippen LogP contribution >= 0.6 is 11.8 Å². The third kappa shape index (κ3) is 1.77. The largest absolute Gasteiger partial charge is 0.394 e. The van der Waals surface area contributed by atoms with Crippen LogP contribution in [0.3, 0.4) is 0 Å². The summed E-state index contributed by atoms with van der Waals surface area (Å²) in [5.74, 6) is 1.26. The number of rotatable bonds is 2. The fourth-order valence-electron chi connectivity index (χ4n) is 2.16. The van der Waals surface area contributed by atoms with Crippen molar-refractivity contribution in [2.45, 2.75) is 29.4 Å². The van der Waals surface area contributed by atoms with Crippen molar-refractivity contribution in [1.82, 2.24) is 9.97 Å². The van der Waals surface area contributed by atoms with Crippen LogP contribution in [0, 0.1) is 0 Å². The van der Waals surface area contributed by atoms with Crippen LogP contribution in [0.2, 0.25) is 0 Å². The Morgan fingerprint density at radius 3 is 3.00 bits per heavy atom. The maximum absolute atomic E-state index is 9.96. The molecule has 1 unspecified atom stereocenters. The standard InChI is InChI=1S/C10H13N3O4S/c14-2-5-7(15)8(16)10(17-5)13-4-18-6-1-11-3-12-9(6)13/h1,3,5,7-8,10,14-16H,2,4H2/t5-,7-,8-,10?/m1/s1. The van der Waals surface area contributed by atoms with Gasteiger partial charge in [-0.3, -0.25) is 0 Å². The summed E-state index contributed by atoms with van der Waals surface area (Å²) in [4.78, 5) is 10.8. The molecule has 98 valence electrons. The van der Waals surface area contributed by atoms with Crippen molar-refractivity contribution in [1.29, 1.82) is 0 Å². The van der Waals surface area contributed by atoms with Gasteiger partial charge in [-0.15, -0.1) is 0 Å². The normalized spacial score (nSPS) is 34.9. The number of hydrogen-bond acceptors (Lipinski definition) is 8. The van der Waals surface area contributed by atoms with Gasteiger partial charge in [0.15, 0.2) is 6.23 Å². The molecule has 3 rings (SSSR count). The molecule has 0 aromatic carbocycles. The van der Waals surface area contributed by atoms with Crippen molar-refractivity contribution in [2.75, 3.05) is 17.4 Å². The lowest BCUT2D eigenvalue weighted by molar-refractivity contribution is -0.0216. The van der Waals surface area contributed by atoms with E-state index in [1.165, 1.54) is 6.33 Å². The molecule has 1 aromatic heterocycles. The van der Waals surface area contributed by atoms with Crippen molar-refractivity contribution >= 4 is 17.6 Å². The van der Waals surface area contributed by atoms with Crippen LogP contribution in [0.5, 0.6) is 0 Å². The SMILES string of the molecule is OC[C@H]1OC(N2CSc3cncnc32)[C@H](O)[C@@H]1O. The smallest absolute Gasteiger partial charge is 0.161 e. The Morgan fingerprint density at radius 1 is 1.44 bits per heavy atom. The summed E-state index contributed by atoms with van der Waals surface area (Å²) in [6, 6.07) is 0. The van der Waals surface area contributed by atoms with Gasteiger partial charge in [-0.2, -0.15) is 0 Å². The quantitative estimate of drug-likeness (QED) is 0.616. The molecule has 0 spiro atoms. The predicted octanol–water partition coefficient (Wildman–Crippen LogP) is -1.21. The average Bonchev–Trinajstić information content (AvgIpc) is 2.93. The van der Waals surface area contributed by atoms with E-state index in [0.717, 1.165) is 4.90 Å². The molecule has 1 saturated heterocycles. The molecule has 1 fully saturated rings. The number of fused-ring (bicyclic) bond motifs is 1. The minimum atomic E-state index is -1.09. The fourth-order valence-corrected chi connectivity index (χ4v) is 3.14. The van der Waals surface area contributed by atoms with Crippen LogP contribution in [0.15, 0.2) is 17.4 Å². The van der Waals surface area contributed by atoms with E-state index < -0.39 is 24.5 Å². The van der Waals surface area contributed by atoms with Crippen molar-refractivity contribution in [2.24, 2.45) is 0 Å². The van der Waals surface area contributed by atoms with E-state index in [0.29, 0.717) is 11.7 Å². The number of ether oxygens (including phenoxy) is 1. The maximum Gasteiger partial charge on any atom is 0.161 e. The van der Waals surface area contributed by atoms with E-state index in [1.54, 1.807) is 22.9 Å². The van der Waals surface area contributed by atoms with Gasteiger partial charge in [-0.05, 0) is 0 Å². The molecule has 3 heterocycles. The van der Waals surface area contributed by atoms with Crippen molar-refractivity contribution < 1.29 is 20.1 Å². The molecule has 0 bridgehead atoms. The lowest BCUT2D eigenvalue weighted by Crippen LogP contribution is -2.43. The highest BCUT2D eigenvalue weighted by Gasteiger charge is 2.47. The summed E-state index contributed by atoms with van der Waals surface area (Å²) >= 11 is 1.54. The Kier molecular flexibility index (Phi) is 3.12. The van der Waals surface area contributed by atoms with Crippen molar-refractivity contribution in [3.8, 4) is 0 Å². The molecule has 0 aliphatic carbocycles. The van der Waals surface area contributed by atoms with Gasteiger partial charge < -0.3 is 25.0 Å². The molecule has 4 atom stereocenters. The van der Waals surface area contributed by atoms with Crippen LogP contribution in [-0.4, -0.2) is 62.3 Å². The summed E-state index contributed by atoms with van der Waals surface area (Å²) in [6.07, 6.45) is -0.478. The molecular weight excluding hydrogens is 258 g/mol. The number of aromatic nitrogens is 2. The molecule has 7 nitrogen and oxygen atoms in total. The van der Waals surface area contributed by atoms with E-state index in [1.807, 2.05) is 0 Å². The molecule has 18 heavy (non-hydrogen) atoms. The Labute approximate surface area is 107 Å². The van der Waals surface area contributed by atoms with Crippen LogP contribution in [0.25, 0.3) is 0 Å². The van der Waals surface area contributed by atoms with Gasteiger partial charge in [0.2, 0.25) is 0 Å². The Balaban J connectivity index is 1.85. The first-order valence-corrected chi connectivity index (χ1v) is 6.53. The zero-order chi connectivity index (χ0) is 12.7. The van der Waals surface area contributed by atoms with Crippen molar-refractivity contribution in [3.05, 3.63) is 12.5 Å². The van der Waals surface area contributed by atoms with Crippen LogP contribution in [-0.2, 0) is 4.74 Å². The zero-order valence-electron chi connectivity index (χ0n) is 9.38. The number of aliphatic hydroxyl groups is 3. The van der Waals surface area contributed by atoms with Crippen LogP contribution in [0.1, 0.15) is 0 Å². The molecule has 3 N–H and O–H groups in total. The highest BCUT2D eigenvalue weighted by atomic mass is 32.2. The Hall–Kier alpha value is -0.930. The summed E-state index contributed by atoms with van der Waals surface area (Å²) in [5.41, 5.74) is 0. The topological polar surface area (TPSA) is 98.9 Å². The van der Waals surface area contributed by atoms with Crippen LogP contribution in [0.4, 0.5) is 5.82 Å². The molecule has 2 aliphatic rings. The van der Waals surface area contributed by atoms with E-state index in [9.17, 15) is 10.2 Å². The highest BCUT2D eigenvalue weighted by Crippen LogP contribution is 2.39. The van der Waals surface area contributed by atoms with Gasteiger partial charge in [0, 0.05) is 6.20 Å². The van der Waals surface area contributed by atoms with E-state index in [2.05, 4.69) is 9.97 Å². The van der Waals surface area contributed by atoms with Gasteiger partial charge in [0.25, 0.3) is 0 Å². The van der Waals surface area contributed by atoms with E-state index in [4.69, 9.17) is 9.84 Å². The molecule has 0 radical (unpaired) electrons. The van der Waals surface area contributed by atoms with Gasteiger partial charge in [0.1, 0.15) is 30.5 Å². The monoisotopic (exact) mass is 271 g/mol. The first-order chi connectivity index (χ1) is 8.72. The maximum atomic E-state index is 9.96. The van der Waals surface area contributed by atoms with Gasteiger partial charge in [-0.25, -0.2) is 9.97 Å². The second-order valence-corrected chi connectivity index (χ2v) is 5.17. The third-order valence-corrected chi connectivity index (χ3v) is 4.12. The number of nitrogens with zero attached hydrogens (tertiary/aromatic N) is 3. The van der Waals surface area contributed by atoms with Gasteiger partial charge in [0.05, 0.1) is 17.4 Å². The average molecular weight is 271 g/mol. The summed E-state index contributed by atoms with van der Waals surface area (Å²) in [7, 11) is 0. The Bertz CT molecular complexity index is 449. The lowest BCUT2D eigenvalue weighted by atomic mass is 10.1. The molecule has 1 aromatic rings. The summed E-state index contributed by atoms with van der Waals surface area (Å²) in [6.45, 7) is -0.327. The number of hydrogen-bond donors (Lipinski definition) is 3. The first kappa shape index (κ1) is 12.1. The minimum Gasteiger partial charge on any atom is -0.394 e. The summed E-state index contributed by atoms with van der Waals surface area (Å²) < 4.78 is 5.48. The Morgan fingerprint density at radius 2 is 2.28 bits per heavy atom. The molecule has 0 saturated carbocycles. The third-order valence-electron chi connectivity index (χ3n) is 3.11. The fraction of sp³-hybridized carbons (Fsp3) is 0.600. The second kappa shape index (κ2) is 4.63. The molecule has 2 aliphatic heterocycles. The van der Waals surface area contributed by atoms with Gasteiger partial charge in [-0.1, -0.05) is 11.8 Å². The second-order valence-electron chi connectivity index (χ2n) is 4.18. The number of anilines is 1. The van der Waals surface area contributed by atoms with Crippen molar-refractivity contribution in [3.63, 3.8) is 0 Å². The van der Waals surface area contributed by atoms with Crippen LogP contribution < -0.4 is 4.90 Å². The summed E-state index contributed by atoms with van der Waals surface area (Å²) in [5, 5.41) is 28.8. The van der Waals surface area contributed by atoms with E-state index >= 15 is 0 Å². The highest BCUT2D eigenvalue weighted by molar-refractivity contribution is 7.99. The zero-order valence-corrected chi connectivity index (χ0v) is 10.2. The van der Waals surface area contributed by atoms with E-state index in [-0.39, 0.29) is 6.61 Å². The number of aliphatic hydroxyl groups excluding tert-OH is 3. The molecule has 0 amide bonds. The number of thioether (sulfide) groups is 1. The molecule has 8 heteroatoms. The van der Waals surface area contributed by atoms with Gasteiger partial charge >= 0.3 is 0 Å². The molecular formula is C10H13N3O4S.